The van der Waals surface area contributed by atoms with Gasteiger partial charge in [0.25, 0.3) is 0 Å². The summed E-state index contributed by atoms with van der Waals surface area (Å²) in [5.74, 6) is -1.74. The van der Waals surface area contributed by atoms with Crippen molar-refractivity contribution in [2.75, 3.05) is 0 Å². The highest BCUT2D eigenvalue weighted by atomic mass is 16.4. The van der Waals surface area contributed by atoms with Crippen LogP contribution in [0.3, 0.4) is 0 Å². The minimum Gasteiger partial charge on any atom is -0.481 e. The van der Waals surface area contributed by atoms with Crippen LogP contribution in [0.25, 0.3) is 0 Å². The normalized spacial score (nSPS) is 16.0. The largest absolute Gasteiger partial charge is 0.481 e. The van der Waals surface area contributed by atoms with E-state index in [1.807, 2.05) is 24.3 Å². The molecular weight excluding hydrogens is 270 g/mol. The number of rotatable bonds is 4. The lowest BCUT2D eigenvalue weighted by atomic mass is 10.2. The number of aliphatic carboxylic acids is 1. The Labute approximate surface area is 120 Å². The van der Waals surface area contributed by atoms with Crippen LogP contribution in [0.1, 0.15) is 19.1 Å². The molecule has 1 aliphatic rings. The van der Waals surface area contributed by atoms with Crippen LogP contribution in [0.15, 0.2) is 62.1 Å². The van der Waals surface area contributed by atoms with Gasteiger partial charge in [-0.3, -0.25) is 4.79 Å². The van der Waals surface area contributed by atoms with Gasteiger partial charge in [-0.1, -0.05) is 12.1 Å². The average Bonchev–Trinajstić information content (AvgIpc) is 3.04. The first-order chi connectivity index (χ1) is 10.1. The predicted molar refractivity (Wildman–Crippen MR) is 74.5 cm³/mol. The summed E-state index contributed by atoms with van der Waals surface area (Å²) in [6.45, 7) is 1.65. The highest BCUT2D eigenvalue weighted by Crippen LogP contribution is 2.30. The Bertz CT molecular complexity index is 787. The zero-order valence-electron chi connectivity index (χ0n) is 11.4. The van der Waals surface area contributed by atoms with E-state index in [1.165, 1.54) is 6.26 Å². The van der Waals surface area contributed by atoms with Gasteiger partial charge in [0.05, 0.1) is 23.4 Å². The summed E-state index contributed by atoms with van der Waals surface area (Å²) < 4.78 is 5.42. The van der Waals surface area contributed by atoms with E-state index in [2.05, 4.69) is 15.0 Å². The molecule has 6 nitrogen and oxygen atoms in total. The van der Waals surface area contributed by atoms with E-state index in [1.54, 1.807) is 19.1 Å². The number of carboxylic acids is 1. The number of hydrogen-bond acceptors (Lipinski definition) is 5. The summed E-state index contributed by atoms with van der Waals surface area (Å²) in [5, 5.41) is 10.3. The van der Waals surface area contributed by atoms with Crippen molar-refractivity contribution >= 4 is 11.7 Å². The monoisotopic (exact) mass is 283 g/mol. The number of nitrogens with zero attached hydrogens (tertiary/aromatic N) is 3. The maximum absolute atomic E-state index is 10.8. The second-order valence-electron chi connectivity index (χ2n) is 4.74. The fourth-order valence-electron chi connectivity index (χ4n) is 2.22. The molecule has 0 saturated heterocycles. The lowest BCUT2D eigenvalue weighted by Gasteiger charge is -2.16. The van der Waals surface area contributed by atoms with Crippen LogP contribution in [0.2, 0.25) is 0 Å². The van der Waals surface area contributed by atoms with Crippen LogP contribution in [0.5, 0.6) is 0 Å². The van der Waals surface area contributed by atoms with Crippen LogP contribution in [0.4, 0.5) is 0 Å². The molecule has 0 spiro atoms. The van der Waals surface area contributed by atoms with Gasteiger partial charge in [0.2, 0.25) is 0 Å². The Balaban J connectivity index is 2.16. The van der Waals surface area contributed by atoms with Gasteiger partial charge in [-0.05, 0) is 31.2 Å². The number of hydrogen-bond donors (Lipinski definition) is 1. The van der Waals surface area contributed by atoms with Crippen molar-refractivity contribution in [2.24, 2.45) is 15.0 Å². The van der Waals surface area contributed by atoms with Gasteiger partial charge in [0.1, 0.15) is 0 Å². The van der Waals surface area contributed by atoms with Crippen LogP contribution in [-0.4, -0.2) is 16.8 Å². The van der Waals surface area contributed by atoms with Crippen LogP contribution >= 0.6 is 0 Å². The van der Waals surface area contributed by atoms with E-state index in [4.69, 9.17) is 9.52 Å². The molecule has 21 heavy (non-hydrogen) atoms. The molecule has 1 aromatic heterocycles. The fraction of sp³-hybridized carbons (Fsp3) is 0.200. The molecule has 0 fully saturated rings. The lowest BCUT2D eigenvalue weighted by molar-refractivity contribution is -0.135. The summed E-state index contributed by atoms with van der Waals surface area (Å²) in [4.78, 5) is 24.3. The van der Waals surface area contributed by atoms with Crippen molar-refractivity contribution < 1.29 is 14.3 Å². The fourth-order valence-corrected chi connectivity index (χ4v) is 2.22. The smallest absolute Gasteiger partial charge is 0.309 e. The number of furan rings is 1. The SMILES string of the molecule is CC(CC(=O)O)=NC1(c2ccco2)N=c2ccccc2=N1. The molecule has 6 heteroatoms. The van der Waals surface area contributed by atoms with Crippen molar-refractivity contribution in [1.82, 2.24) is 0 Å². The van der Waals surface area contributed by atoms with Gasteiger partial charge in [0.15, 0.2) is 5.76 Å². The van der Waals surface area contributed by atoms with Crippen molar-refractivity contribution in [2.45, 2.75) is 19.1 Å². The third-order valence-corrected chi connectivity index (χ3v) is 3.04. The zero-order valence-corrected chi connectivity index (χ0v) is 11.4. The summed E-state index contributed by atoms with van der Waals surface area (Å²) in [6.07, 6.45) is 1.36. The summed E-state index contributed by atoms with van der Waals surface area (Å²) in [6, 6.07) is 10.9. The minimum absolute atomic E-state index is 0.163. The number of fused-ring (bicyclic) bond motifs is 1. The van der Waals surface area contributed by atoms with Crippen LogP contribution in [0, 0.1) is 0 Å². The molecule has 106 valence electrons. The Morgan fingerprint density at radius 1 is 1.24 bits per heavy atom. The van der Waals surface area contributed by atoms with Crippen molar-refractivity contribution in [1.29, 1.82) is 0 Å². The molecule has 0 bridgehead atoms. The Morgan fingerprint density at radius 2 is 1.90 bits per heavy atom. The maximum atomic E-state index is 10.8. The van der Waals surface area contributed by atoms with Crippen molar-refractivity contribution in [3.05, 3.63) is 59.1 Å². The Hall–Kier alpha value is -2.76. The molecule has 0 radical (unpaired) electrons. The highest BCUT2D eigenvalue weighted by molar-refractivity contribution is 5.97. The van der Waals surface area contributed by atoms with E-state index in [9.17, 15) is 4.79 Å². The van der Waals surface area contributed by atoms with Gasteiger partial charge < -0.3 is 9.52 Å². The van der Waals surface area contributed by atoms with E-state index in [-0.39, 0.29) is 6.42 Å². The number of para-hydroxylation sites is 2. The second kappa shape index (κ2) is 4.97. The Kier molecular flexibility index (Phi) is 3.13. The summed E-state index contributed by atoms with van der Waals surface area (Å²) in [5.41, 5.74) is 0.430. The molecule has 2 heterocycles. The molecule has 1 aliphatic heterocycles. The second-order valence-corrected chi connectivity index (χ2v) is 4.74. The van der Waals surface area contributed by atoms with E-state index in [0.29, 0.717) is 22.2 Å². The number of benzene rings is 1. The first-order valence-electron chi connectivity index (χ1n) is 6.45. The van der Waals surface area contributed by atoms with Gasteiger partial charge >= 0.3 is 11.8 Å². The van der Waals surface area contributed by atoms with E-state index >= 15 is 0 Å². The van der Waals surface area contributed by atoms with Gasteiger partial charge in [-0.25, -0.2) is 15.0 Å². The first-order valence-corrected chi connectivity index (χ1v) is 6.45. The molecule has 3 rings (SSSR count). The molecule has 1 N–H and O–H groups in total. The molecule has 0 saturated carbocycles. The number of aliphatic imine (C=N–C) groups is 1. The maximum Gasteiger partial charge on any atom is 0.309 e. The average molecular weight is 283 g/mol. The quantitative estimate of drug-likeness (QED) is 0.857. The predicted octanol–water partition coefficient (Wildman–Crippen LogP) is 1.28. The third-order valence-electron chi connectivity index (χ3n) is 3.04. The summed E-state index contributed by atoms with van der Waals surface area (Å²) >= 11 is 0. The van der Waals surface area contributed by atoms with Crippen LogP contribution in [-0.2, 0) is 10.6 Å². The topological polar surface area (TPSA) is 87.5 Å². The standard InChI is InChI=1S/C15H13N3O3/c1-10(9-14(19)20)16-15(13-7-4-8-21-13)17-11-5-2-3-6-12(11)18-15/h2-8H,9H2,1H3,(H,19,20). The third kappa shape index (κ3) is 2.47. The van der Waals surface area contributed by atoms with Gasteiger partial charge in [-0.15, -0.1) is 0 Å². The zero-order chi connectivity index (χ0) is 14.9. The minimum atomic E-state index is -1.26. The van der Waals surface area contributed by atoms with Crippen molar-refractivity contribution in [3.8, 4) is 0 Å². The number of carbonyl (C=O) groups is 1. The van der Waals surface area contributed by atoms with Gasteiger partial charge in [-0.2, -0.15) is 0 Å². The molecular formula is C15H13N3O3. The highest BCUT2D eigenvalue weighted by Gasteiger charge is 2.36. The summed E-state index contributed by atoms with van der Waals surface area (Å²) in [7, 11) is 0. The number of carboxylic acid groups (broad SMARTS) is 1. The molecule has 0 atom stereocenters. The molecule has 0 aliphatic carbocycles. The van der Waals surface area contributed by atoms with Crippen LogP contribution < -0.4 is 10.7 Å². The molecule has 2 aromatic rings. The lowest BCUT2D eigenvalue weighted by Crippen LogP contribution is -2.19. The first kappa shape index (κ1) is 13.2. The van der Waals surface area contributed by atoms with Gasteiger partial charge in [0, 0.05) is 5.71 Å². The Morgan fingerprint density at radius 3 is 2.43 bits per heavy atom. The molecule has 0 amide bonds. The molecule has 1 aromatic carbocycles. The molecule has 0 unspecified atom stereocenters. The van der Waals surface area contributed by atoms with Crippen molar-refractivity contribution in [3.63, 3.8) is 0 Å². The van der Waals surface area contributed by atoms with E-state index < -0.39 is 11.8 Å². The van der Waals surface area contributed by atoms with E-state index in [0.717, 1.165) is 0 Å².